The summed E-state index contributed by atoms with van der Waals surface area (Å²) in [5, 5.41) is 14.3. The third-order valence-electron chi connectivity index (χ3n) is 5.32. The number of benzene rings is 1. The van der Waals surface area contributed by atoms with Crippen molar-refractivity contribution in [1.82, 2.24) is 5.32 Å². The van der Waals surface area contributed by atoms with E-state index in [1.165, 1.54) is 25.3 Å². The summed E-state index contributed by atoms with van der Waals surface area (Å²) in [6, 6.07) is 4.48. The van der Waals surface area contributed by atoms with Gasteiger partial charge in [0, 0.05) is 18.2 Å². The van der Waals surface area contributed by atoms with Crippen LogP contribution in [0.15, 0.2) is 18.2 Å². The van der Waals surface area contributed by atoms with Gasteiger partial charge in [0.15, 0.2) is 0 Å². The zero-order valence-corrected chi connectivity index (χ0v) is 15.0. The van der Waals surface area contributed by atoms with Gasteiger partial charge in [0.1, 0.15) is 11.3 Å². The maximum Gasteiger partial charge on any atom is 0.282 e. The molecule has 0 saturated heterocycles. The van der Waals surface area contributed by atoms with E-state index < -0.39 is 10.8 Å². The number of carbonyl (C=O) groups excluding carboxylic acids is 1. The van der Waals surface area contributed by atoms with Gasteiger partial charge in [0.2, 0.25) is 0 Å². The van der Waals surface area contributed by atoms with Crippen molar-refractivity contribution in [3.8, 4) is 5.75 Å². The predicted octanol–water partition coefficient (Wildman–Crippen LogP) is 2.66. The normalized spacial score (nSPS) is 27.8. The van der Waals surface area contributed by atoms with Gasteiger partial charge in [-0.25, -0.2) is 0 Å². The number of methoxy groups -OCH3 is 1. The van der Waals surface area contributed by atoms with E-state index in [1.54, 1.807) is 0 Å². The molecule has 2 atom stereocenters. The SMILES string of the molecule is COc1ccc([N+](=O)[O-])c(C(=O)NC2C3CCCC2CC(N)C3)c1.Cl. The Kier molecular flexibility index (Phi) is 6.24. The van der Waals surface area contributed by atoms with Crippen LogP contribution in [0.5, 0.6) is 5.75 Å². The molecule has 0 heterocycles. The molecular formula is C17H24ClN3O4. The lowest BCUT2D eigenvalue weighted by Gasteiger charge is -2.45. The van der Waals surface area contributed by atoms with Crippen LogP contribution in [-0.4, -0.2) is 30.0 Å². The molecule has 0 aliphatic heterocycles. The molecule has 2 saturated carbocycles. The van der Waals surface area contributed by atoms with Crippen molar-refractivity contribution in [2.75, 3.05) is 7.11 Å². The Labute approximate surface area is 152 Å². The Morgan fingerprint density at radius 3 is 2.52 bits per heavy atom. The molecule has 1 amide bonds. The van der Waals surface area contributed by atoms with E-state index in [4.69, 9.17) is 10.5 Å². The second-order valence-corrected chi connectivity index (χ2v) is 6.82. The minimum atomic E-state index is -0.536. The molecule has 2 bridgehead atoms. The first kappa shape index (κ1) is 19.5. The van der Waals surface area contributed by atoms with Crippen molar-refractivity contribution < 1.29 is 14.5 Å². The number of hydrogen-bond donors (Lipinski definition) is 2. The molecule has 0 radical (unpaired) electrons. The van der Waals surface area contributed by atoms with Crippen LogP contribution in [0.4, 0.5) is 5.69 Å². The number of rotatable bonds is 4. The molecular weight excluding hydrogens is 346 g/mol. The highest BCUT2D eigenvalue weighted by molar-refractivity contribution is 5.98. The highest BCUT2D eigenvalue weighted by Gasteiger charge is 2.40. The molecule has 2 unspecified atom stereocenters. The zero-order valence-electron chi connectivity index (χ0n) is 14.1. The van der Waals surface area contributed by atoms with E-state index in [0.29, 0.717) is 17.6 Å². The first-order valence-corrected chi connectivity index (χ1v) is 8.38. The van der Waals surface area contributed by atoms with E-state index in [1.807, 2.05) is 0 Å². The molecule has 1 aromatic carbocycles. The smallest absolute Gasteiger partial charge is 0.282 e. The van der Waals surface area contributed by atoms with Crippen LogP contribution in [0.25, 0.3) is 0 Å². The van der Waals surface area contributed by atoms with Gasteiger partial charge in [0.25, 0.3) is 11.6 Å². The zero-order chi connectivity index (χ0) is 17.3. The summed E-state index contributed by atoms with van der Waals surface area (Å²) in [5.74, 6) is 0.747. The molecule has 2 fully saturated rings. The van der Waals surface area contributed by atoms with Crippen LogP contribution >= 0.6 is 12.4 Å². The Bertz CT molecular complexity index is 641. The molecule has 7 nitrogen and oxygen atoms in total. The van der Waals surface area contributed by atoms with Crippen molar-refractivity contribution in [2.24, 2.45) is 17.6 Å². The summed E-state index contributed by atoms with van der Waals surface area (Å²) in [7, 11) is 1.47. The van der Waals surface area contributed by atoms with Gasteiger partial charge >= 0.3 is 0 Å². The number of ether oxygens (including phenoxy) is 1. The number of carbonyl (C=O) groups is 1. The summed E-state index contributed by atoms with van der Waals surface area (Å²) in [6.07, 6.45) is 5.07. The van der Waals surface area contributed by atoms with Crippen molar-refractivity contribution in [3.05, 3.63) is 33.9 Å². The first-order valence-electron chi connectivity index (χ1n) is 8.38. The Hall–Kier alpha value is -1.86. The number of amides is 1. The Balaban J connectivity index is 0.00000225. The Morgan fingerprint density at radius 2 is 1.96 bits per heavy atom. The lowest BCUT2D eigenvalue weighted by Crippen LogP contribution is -2.53. The monoisotopic (exact) mass is 369 g/mol. The number of halogens is 1. The maximum atomic E-state index is 12.7. The quantitative estimate of drug-likeness (QED) is 0.626. The van der Waals surface area contributed by atoms with Gasteiger partial charge in [0.05, 0.1) is 12.0 Å². The van der Waals surface area contributed by atoms with E-state index in [2.05, 4.69) is 5.32 Å². The summed E-state index contributed by atoms with van der Waals surface area (Å²) < 4.78 is 5.10. The van der Waals surface area contributed by atoms with Crippen molar-refractivity contribution in [1.29, 1.82) is 0 Å². The standard InChI is InChI=1S/C17H23N3O4.ClH/c1-24-13-5-6-15(20(22)23)14(9-13)17(21)19-16-10-3-2-4-11(16)8-12(18)7-10;/h5-6,9-12,16H,2-4,7-8,18H2,1H3,(H,19,21);1H. The third-order valence-corrected chi connectivity index (χ3v) is 5.32. The number of nitrogens with one attached hydrogen (secondary N) is 1. The van der Waals surface area contributed by atoms with E-state index >= 15 is 0 Å². The fraction of sp³-hybridized carbons (Fsp3) is 0.588. The molecule has 0 aromatic heterocycles. The van der Waals surface area contributed by atoms with Crippen LogP contribution in [0.1, 0.15) is 42.5 Å². The number of nitrogens with two attached hydrogens (primary N) is 1. The van der Waals surface area contributed by atoms with E-state index in [0.717, 1.165) is 32.1 Å². The fourth-order valence-corrected chi connectivity index (χ4v) is 4.24. The molecule has 25 heavy (non-hydrogen) atoms. The molecule has 3 rings (SSSR count). The number of nitro groups is 1. The van der Waals surface area contributed by atoms with Gasteiger partial charge < -0.3 is 15.8 Å². The summed E-state index contributed by atoms with van der Waals surface area (Å²) in [6.45, 7) is 0. The summed E-state index contributed by atoms with van der Waals surface area (Å²) in [4.78, 5) is 23.4. The maximum absolute atomic E-state index is 12.7. The lowest BCUT2D eigenvalue weighted by atomic mass is 9.67. The minimum absolute atomic E-state index is 0. The van der Waals surface area contributed by atoms with Crippen LogP contribution in [0.2, 0.25) is 0 Å². The second kappa shape index (κ2) is 8.01. The highest BCUT2D eigenvalue weighted by Crippen LogP contribution is 2.40. The molecule has 1 aromatic rings. The molecule has 0 spiro atoms. The average molecular weight is 370 g/mol. The molecule has 8 heteroatoms. The average Bonchev–Trinajstić information content (AvgIpc) is 2.54. The number of nitrogens with zero attached hydrogens (tertiary/aromatic N) is 1. The van der Waals surface area contributed by atoms with Crippen molar-refractivity contribution in [3.63, 3.8) is 0 Å². The lowest BCUT2D eigenvalue weighted by molar-refractivity contribution is -0.385. The Morgan fingerprint density at radius 1 is 1.32 bits per heavy atom. The minimum Gasteiger partial charge on any atom is -0.497 e. The van der Waals surface area contributed by atoms with Gasteiger partial charge in [-0.1, -0.05) is 6.42 Å². The van der Waals surface area contributed by atoms with Crippen LogP contribution in [0.3, 0.4) is 0 Å². The van der Waals surface area contributed by atoms with Crippen molar-refractivity contribution >= 4 is 24.0 Å². The first-order chi connectivity index (χ1) is 11.5. The van der Waals surface area contributed by atoms with Crippen LogP contribution in [0, 0.1) is 22.0 Å². The van der Waals surface area contributed by atoms with Crippen LogP contribution in [-0.2, 0) is 0 Å². The topological polar surface area (TPSA) is 107 Å². The second-order valence-electron chi connectivity index (χ2n) is 6.82. The van der Waals surface area contributed by atoms with Gasteiger partial charge in [-0.2, -0.15) is 0 Å². The summed E-state index contributed by atoms with van der Waals surface area (Å²) >= 11 is 0. The number of fused-ring (bicyclic) bond motifs is 2. The number of nitro benzene ring substituents is 1. The highest BCUT2D eigenvalue weighted by atomic mass is 35.5. The number of hydrogen-bond acceptors (Lipinski definition) is 5. The van der Waals surface area contributed by atoms with Crippen molar-refractivity contribution in [2.45, 2.75) is 44.2 Å². The molecule has 2 aliphatic rings. The van der Waals surface area contributed by atoms with E-state index in [9.17, 15) is 14.9 Å². The van der Waals surface area contributed by atoms with E-state index in [-0.39, 0.29) is 35.7 Å². The molecule has 138 valence electrons. The third kappa shape index (κ3) is 4.04. The van der Waals surface area contributed by atoms with Crippen LogP contribution < -0.4 is 15.8 Å². The summed E-state index contributed by atoms with van der Waals surface area (Å²) in [5.41, 5.74) is 5.96. The largest absolute Gasteiger partial charge is 0.497 e. The molecule has 3 N–H and O–H groups in total. The van der Waals surface area contributed by atoms with Gasteiger partial charge in [-0.05, 0) is 49.7 Å². The predicted molar refractivity (Wildman–Crippen MR) is 96.2 cm³/mol. The fourth-order valence-electron chi connectivity index (χ4n) is 4.24. The molecule has 2 aliphatic carbocycles. The van der Waals surface area contributed by atoms with Gasteiger partial charge in [-0.15, -0.1) is 12.4 Å². The van der Waals surface area contributed by atoms with Gasteiger partial charge in [-0.3, -0.25) is 14.9 Å².